The Morgan fingerprint density at radius 3 is 2.56 bits per heavy atom. The number of morpholine rings is 1. The topological polar surface area (TPSA) is 92.8 Å². The highest BCUT2D eigenvalue weighted by atomic mass is 19.1. The van der Waals surface area contributed by atoms with Crippen molar-refractivity contribution >= 4 is 23.2 Å². The molecule has 2 N–H and O–H groups in total. The number of carbonyl (C=O) groups excluding carboxylic acids is 2. The molecule has 0 bridgehead atoms. The Labute approximate surface area is 196 Å². The average Bonchev–Trinajstić information content (AvgIpc) is 2.86. The lowest BCUT2D eigenvalue weighted by atomic mass is 10.2. The molecule has 0 aliphatic carbocycles. The largest absolute Gasteiger partial charge is 0.456 e. The van der Waals surface area contributed by atoms with Crippen LogP contribution in [-0.2, 0) is 9.53 Å². The lowest BCUT2D eigenvalue weighted by Gasteiger charge is -2.26. The van der Waals surface area contributed by atoms with Crippen molar-refractivity contribution in [2.45, 2.75) is 6.42 Å². The summed E-state index contributed by atoms with van der Waals surface area (Å²) in [4.78, 5) is 31.0. The molecule has 1 aromatic heterocycles. The predicted octanol–water partition coefficient (Wildman–Crippen LogP) is 3.93. The van der Waals surface area contributed by atoms with Crippen molar-refractivity contribution in [2.75, 3.05) is 43.5 Å². The number of nitrogens with zero attached hydrogens (tertiary/aromatic N) is 2. The van der Waals surface area contributed by atoms with E-state index in [0.717, 1.165) is 13.1 Å². The molecule has 1 aliphatic rings. The maximum atomic E-state index is 14.2. The van der Waals surface area contributed by atoms with Crippen molar-refractivity contribution in [3.05, 3.63) is 78.4 Å². The molecule has 2 amide bonds. The lowest BCUT2D eigenvalue weighted by Crippen LogP contribution is -2.38. The van der Waals surface area contributed by atoms with Crippen molar-refractivity contribution in [3.8, 4) is 11.5 Å². The van der Waals surface area contributed by atoms with E-state index in [0.29, 0.717) is 42.5 Å². The predicted molar refractivity (Wildman–Crippen MR) is 126 cm³/mol. The third-order valence-electron chi connectivity index (χ3n) is 5.24. The number of hydrogen-bond donors (Lipinski definition) is 2. The van der Waals surface area contributed by atoms with E-state index >= 15 is 0 Å². The number of ether oxygens (including phenoxy) is 2. The van der Waals surface area contributed by atoms with Gasteiger partial charge in [0.25, 0.3) is 5.91 Å². The van der Waals surface area contributed by atoms with E-state index in [1.165, 1.54) is 18.2 Å². The molecule has 3 aromatic rings. The second kappa shape index (κ2) is 11.4. The molecule has 0 radical (unpaired) electrons. The fourth-order valence-electron chi connectivity index (χ4n) is 3.42. The fraction of sp³-hybridized carbons (Fsp3) is 0.240. The summed E-state index contributed by atoms with van der Waals surface area (Å²) in [5.74, 6) is -0.0872. The Morgan fingerprint density at radius 2 is 1.82 bits per heavy atom. The summed E-state index contributed by atoms with van der Waals surface area (Å²) in [6, 6.07) is 14.2. The normalized spacial score (nSPS) is 13.8. The number of aromatic nitrogens is 1. The number of anilines is 2. The molecule has 2 heterocycles. The highest BCUT2D eigenvalue weighted by Gasteiger charge is 2.14. The lowest BCUT2D eigenvalue weighted by molar-refractivity contribution is -0.116. The van der Waals surface area contributed by atoms with E-state index in [1.807, 2.05) is 0 Å². The second-order valence-electron chi connectivity index (χ2n) is 7.72. The summed E-state index contributed by atoms with van der Waals surface area (Å²) in [6.45, 7) is 3.43. The quantitative estimate of drug-likeness (QED) is 0.525. The second-order valence-corrected chi connectivity index (χ2v) is 7.72. The minimum absolute atomic E-state index is 0.0185. The maximum absolute atomic E-state index is 14.2. The zero-order chi connectivity index (χ0) is 23.8. The van der Waals surface area contributed by atoms with Gasteiger partial charge in [-0.25, -0.2) is 4.39 Å². The molecule has 0 unspecified atom stereocenters. The van der Waals surface area contributed by atoms with Gasteiger partial charge in [0.1, 0.15) is 17.3 Å². The number of rotatable bonds is 8. The minimum atomic E-state index is -0.574. The highest BCUT2D eigenvalue weighted by molar-refractivity contribution is 6.04. The first-order valence-corrected chi connectivity index (χ1v) is 11.0. The van der Waals surface area contributed by atoms with Crippen LogP contribution in [0.25, 0.3) is 0 Å². The Bertz CT molecular complexity index is 1120. The third kappa shape index (κ3) is 6.60. The summed E-state index contributed by atoms with van der Waals surface area (Å²) < 4.78 is 25.2. The van der Waals surface area contributed by atoms with E-state index in [4.69, 9.17) is 9.47 Å². The van der Waals surface area contributed by atoms with Crippen molar-refractivity contribution in [1.29, 1.82) is 0 Å². The maximum Gasteiger partial charge on any atom is 0.255 e. The number of pyridine rings is 1. The van der Waals surface area contributed by atoms with Crippen molar-refractivity contribution < 1.29 is 23.5 Å². The number of halogens is 1. The van der Waals surface area contributed by atoms with E-state index in [2.05, 4.69) is 20.5 Å². The first-order chi connectivity index (χ1) is 16.6. The van der Waals surface area contributed by atoms with Crippen LogP contribution in [0.2, 0.25) is 0 Å². The zero-order valence-corrected chi connectivity index (χ0v) is 18.5. The monoisotopic (exact) mass is 464 g/mol. The first kappa shape index (κ1) is 23.3. The van der Waals surface area contributed by atoms with Crippen LogP contribution in [0.15, 0.2) is 67.0 Å². The Morgan fingerprint density at radius 1 is 1.03 bits per heavy atom. The molecule has 1 aliphatic heterocycles. The molecule has 2 aromatic carbocycles. The Kier molecular flexibility index (Phi) is 7.79. The highest BCUT2D eigenvalue weighted by Crippen LogP contribution is 2.23. The van der Waals surface area contributed by atoms with Crippen LogP contribution in [0.3, 0.4) is 0 Å². The number of carbonyl (C=O) groups is 2. The number of hydrogen-bond acceptors (Lipinski definition) is 6. The summed E-state index contributed by atoms with van der Waals surface area (Å²) >= 11 is 0. The number of benzene rings is 2. The van der Waals surface area contributed by atoms with Gasteiger partial charge in [-0.15, -0.1) is 0 Å². The molecular weight excluding hydrogens is 439 g/mol. The van der Waals surface area contributed by atoms with Gasteiger partial charge in [0.15, 0.2) is 0 Å². The van der Waals surface area contributed by atoms with Crippen molar-refractivity contribution in [3.63, 3.8) is 0 Å². The van der Waals surface area contributed by atoms with E-state index in [9.17, 15) is 14.0 Å². The minimum Gasteiger partial charge on any atom is -0.456 e. The summed E-state index contributed by atoms with van der Waals surface area (Å²) in [7, 11) is 0. The molecule has 176 valence electrons. The van der Waals surface area contributed by atoms with Crippen LogP contribution in [0, 0.1) is 5.82 Å². The molecule has 8 nitrogen and oxygen atoms in total. The Balaban J connectivity index is 1.32. The van der Waals surface area contributed by atoms with E-state index in [-0.39, 0.29) is 23.9 Å². The van der Waals surface area contributed by atoms with Gasteiger partial charge in [0, 0.05) is 43.5 Å². The van der Waals surface area contributed by atoms with Crippen molar-refractivity contribution in [1.82, 2.24) is 9.88 Å². The van der Waals surface area contributed by atoms with Gasteiger partial charge in [-0.1, -0.05) is 0 Å². The molecule has 9 heteroatoms. The third-order valence-corrected chi connectivity index (χ3v) is 5.24. The Hall–Kier alpha value is -3.82. The van der Waals surface area contributed by atoms with Crippen molar-refractivity contribution in [2.24, 2.45) is 0 Å². The zero-order valence-electron chi connectivity index (χ0n) is 18.5. The van der Waals surface area contributed by atoms with Crippen LogP contribution in [-0.4, -0.2) is 54.5 Å². The molecule has 4 rings (SSSR count). The standard InChI is InChI=1S/C25H25FN4O4/c26-22-8-5-19(16-23(22)29-24(31)9-11-30-12-14-33-15-13-30)28-25(32)18-3-6-20(7-4-18)34-21-2-1-10-27-17-21/h1-8,10,16-17H,9,11-15H2,(H,28,32)(H,29,31). The van der Waals surface area contributed by atoms with Crippen LogP contribution < -0.4 is 15.4 Å². The summed E-state index contributed by atoms with van der Waals surface area (Å²) in [5.41, 5.74) is 0.787. The molecule has 1 saturated heterocycles. The van der Waals surface area contributed by atoms with Gasteiger partial charge >= 0.3 is 0 Å². The van der Waals surface area contributed by atoms with E-state index in [1.54, 1.807) is 48.8 Å². The molecule has 1 fully saturated rings. The van der Waals surface area contributed by atoms with Crippen LogP contribution in [0.4, 0.5) is 15.8 Å². The van der Waals surface area contributed by atoms with Gasteiger partial charge in [-0.2, -0.15) is 0 Å². The summed E-state index contributed by atoms with van der Waals surface area (Å²) in [6.07, 6.45) is 3.48. The SMILES string of the molecule is O=C(CCN1CCOCC1)Nc1cc(NC(=O)c2ccc(Oc3cccnc3)cc2)ccc1F. The van der Waals surface area contributed by atoms with Crippen LogP contribution >= 0.6 is 0 Å². The first-order valence-electron chi connectivity index (χ1n) is 11.0. The summed E-state index contributed by atoms with van der Waals surface area (Å²) in [5, 5.41) is 5.31. The average molecular weight is 464 g/mol. The van der Waals surface area contributed by atoms with Crippen LogP contribution in [0.5, 0.6) is 11.5 Å². The molecule has 34 heavy (non-hydrogen) atoms. The molecule has 0 spiro atoms. The van der Waals surface area contributed by atoms with Crippen LogP contribution in [0.1, 0.15) is 16.8 Å². The van der Waals surface area contributed by atoms with Gasteiger partial charge < -0.3 is 20.1 Å². The smallest absolute Gasteiger partial charge is 0.255 e. The van der Waals surface area contributed by atoms with E-state index < -0.39 is 5.82 Å². The van der Waals surface area contributed by atoms with Gasteiger partial charge in [0.05, 0.1) is 25.1 Å². The van der Waals surface area contributed by atoms with Gasteiger partial charge in [0.2, 0.25) is 5.91 Å². The molecule has 0 saturated carbocycles. The molecule has 0 atom stereocenters. The number of amides is 2. The van der Waals surface area contributed by atoms with Gasteiger partial charge in [-0.05, 0) is 54.6 Å². The fourth-order valence-corrected chi connectivity index (χ4v) is 3.42. The molecular formula is C25H25FN4O4. The number of nitrogens with one attached hydrogen (secondary N) is 2. The van der Waals surface area contributed by atoms with Gasteiger partial charge in [-0.3, -0.25) is 19.5 Å².